The van der Waals surface area contributed by atoms with Crippen molar-refractivity contribution < 1.29 is 9.47 Å². The van der Waals surface area contributed by atoms with Gasteiger partial charge in [-0.3, -0.25) is 0 Å². The molecule has 3 unspecified atom stereocenters. The van der Waals surface area contributed by atoms with Crippen molar-refractivity contribution in [3.8, 4) is 0 Å². The highest BCUT2D eigenvalue weighted by atomic mass is 16.5. The highest BCUT2D eigenvalue weighted by Gasteiger charge is 2.35. The SMILES string of the molecule is CCCCOCCOC1CC(C(C)(C)C)CCC1CN. The number of rotatable bonds is 8. The number of hydrogen-bond acceptors (Lipinski definition) is 3. The summed E-state index contributed by atoms with van der Waals surface area (Å²) in [4.78, 5) is 0. The molecule has 3 heteroatoms. The maximum Gasteiger partial charge on any atom is 0.0704 e. The smallest absolute Gasteiger partial charge is 0.0704 e. The van der Waals surface area contributed by atoms with E-state index in [-0.39, 0.29) is 0 Å². The maximum atomic E-state index is 6.09. The van der Waals surface area contributed by atoms with E-state index in [2.05, 4.69) is 27.7 Å². The molecule has 1 aliphatic carbocycles. The molecule has 0 aromatic rings. The number of nitrogens with two attached hydrogens (primary N) is 1. The highest BCUT2D eigenvalue weighted by molar-refractivity contribution is 4.86. The van der Waals surface area contributed by atoms with Crippen molar-refractivity contribution >= 4 is 0 Å². The quantitative estimate of drug-likeness (QED) is 0.693. The van der Waals surface area contributed by atoms with Gasteiger partial charge in [0.1, 0.15) is 0 Å². The largest absolute Gasteiger partial charge is 0.379 e. The van der Waals surface area contributed by atoms with Crippen LogP contribution in [0.25, 0.3) is 0 Å². The van der Waals surface area contributed by atoms with E-state index in [4.69, 9.17) is 15.2 Å². The Kier molecular flexibility index (Phi) is 8.08. The molecule has 0 bridgehead atoms. The van der Waals surface area contributed by atoms with Gasteiger partial charge >= 0.3 is 0 Å². The lowest BCUT2D eigenvalue weighted by molar-refractivity contribution is -0.0590. The Hall–Kier alpha value is -0.120. The van der Waals surface area contributed by atoms with Gasteiger partial charge in [-0.15, -0.1) is 0 Å². The normalized spacial score (nSPS) is 27.8. The third-order valence-electron chi connectivity index (χ3n) is 4.66. The average molecular weight is 285 g/mol. The summed E-state index contributed by atoms with van der Waals surface area (Å²) in [5, 5.41) is 0. The van der Waals surface area contributed by atoms with Gasteiger partial charge in [-0.1, -0.05) is 34.1 Å². The van der Waals surface area contributed by atoms with Crippen LogP contribution in [0.5, 0.6) is 0 Å². The summed E-state index contributed by atoms with van der Waals surface area (Å²) in [5.41, 5.74) is 6.28. The maximum absolute atomic E-state index is 6.09. The first kappa shape index (κ1) is 17.9. The van der Waals surface area contributed by atoms with Crippen LogP contribution in [0.15, 0.2) is 0 Å². The molecule has 0 aromatic carbocycles. The minimum atomic E-state index is 0.327. The molecule has 2 N–H and O–H groups in total. The Morgan fingerprint density at radius 2 is 1.85 bits per heavy atom. The van der Waals surface area contributed by atoms with E-state index < -0.39 is 0 Å². The lowest BCUT2D eigenvalue weighted by Gasteiger charge is -2.41. The van der Waals surface area contributed by atoms with Gasteiger partial charge in [0.05, 0.1) is 19.3 Å². The van der Waals surface area contributed by atoms with Crippen molar-refractivity contribution in [3.05, 3.63) is 0 Å². The lowest BCUT2D eigenvalue weighted by Crippen LogP contribution is -2.40. The highest BCUT2D eigenvalue weighted by Crippen LogP contribution is 2.40. The van der Waals surface area contributed by atoms with Crippen molar-refractivity contribution in [2.24, 2.45) is 23.0 Å². The zero-order chi connectivity index (χ0) is 15.0. The van der Waals surface area contributed by atoms with E-state index >= 15 is 0 Å². The number of unbranched alkanes of at least 4 members (excludes halogenated alkanes) is 1. The van der Waals surface area contributed by atoms with Gasteiger partial charge in [0, 0.05) is 6.61 Å². The van der Waals surface area contributed by atoms with Gasteiger partial charge in [-0.2, -0.15) is 0 Å². The molecule has 0 spiro atoms. The molecule has 1 fully saturated rings. The molecule has 20 heavy (non-hydrogen) atoms. The van der Waals surface area contributed by atoms with Crippen molar-refractivity contribution in [3.63, 3.8) is 0 Å². The van der Waals surface area contributed by atoms with E-state index in [0.29, 0.717) is 30.7 Å². The second kappa shape index (κ2) is 9.01. The molecule has 0 aromatic heterocycles. The first-order valence-electron chi connectivity index (χ1n) is 8.38. The first-order valence-corrected chi connectivity index (χ1v) is 8.38. The van der Waals surface area contributed by atoms with Gasteiger partial charge in [-0.05, 0) is 49.5 Å². The molecular formula is C17H35NO2. The van der Waals surface area contributed by atoms with Gasteiger partial charge in [0.25, 0.3) is 0 Å². The van der Waals surface area contributed by atoms with Crippen LogP contribution in [0.1, 0.15) is 59.8 Å². The van der Waals surface area contributed by atoms with Crippen molar-refractivity contribution in [1.82, 2.24) is 0 Å². The molecule has 1 saturated carbocycles. The van der Waals surface area contributed by atoms with Gasteiger partial charge in [0.15, 0.2) is 0 Å². The van der Waals surface area contributed by atoms with Crippen LogP contribution in [0.2, 0.25) is 0 Å². The molecule has 3 atom stereocenters. The summed E-state index contributed by atoms with van der Waals surface area (Å²) in [6.45, 7) is 12.2. The van der Waals surface area contributed by atoms with Gasteiger partial charge < -0.3 is 15.2 Å². The van der Waals surface area contributed by atoms with E-state index in [0.717, 1.165) is 31.9 Å². The Balaban J connectivity index is 2.31. The Morgan fingerprint density at radius 3 is 2.45 bits per heavy atom. The molecule has 1 aliphatic rings. The van der Waals surface area contributed by atoms with Crippen LogP contribution < -0.4 is 5.73 Å². The molecule has 0 amide bonds. The Bertz CT molecular complexity index is 250. The molecular weight excluding hydrogens is 250 g/mol. The molecule has 3 nitrogen and oxygen atoms in total. The second-order valence-corrected chi connectivity index (χ2v) is 7.25. The minimum Gasteiger partial charge on any atom is -0.379 e. The van der Waals surface area contributed by atoms with Crippen LogP contribution >= 0.6 is 0 Å². The summed E-state index contributed by atoms with van der Waals surface area (Å²) in [6.07, 6.45) is 6.30. The fourth-order valence-corrected chi connectivity index (χ4v) is 3.06. The Labute approximate surface area is 125 Å². The molecule has 0 radical (unpaired) electrons. The van der Waals surface area contributed by atoms with E-state index in [1.165, 1.54) is 19.3 Å². The van der Waals surface area contributed by atoms with Gasteiger partial charge in [0.2, 0.25) is 0 Å². The zero-order valence-electron chi connectivity index (χ0n) is 14.0. The summed E-state index contributed by atoms with van der Waals surface area (Å²) >= 11 is 0. The molecule has 120 valence electrons. The van der Waals surface area contributed by atoms with E-state index in [1.807, 2.05) is 0 Å². The molecule has 0 saturated heterocycles. The Morgan fingerprint density at radius 1 is 1.10 bits per heavy atom. The topological polar surface area (TPSA) is 44.5 Å². The molecule has 1 rings (SSSR count). The first-order chi connectivity index (χ1) is 9.49. The fraction of sp³-hybridized carbons (Fsp3) is 1.00. The number of ether oxygens (including phenoxy) is 2. The predicted molar refractivity (Wildman–Crippen MR) is 84.8 cm³/mol. The standard InChI is InChI=1S/C17H35NO2/c1-5-6-9-19-10-11-20-16-12-15(17(2,3)4)8-7-14(16)13-18/h14-16H,5-13,18H2,1-4H3. The fourth-order valence-electron chi connectivity index (χ4n) is 3.06. The van der Waals surface area contributed by atoms with Crippen LogP contribution in [-0.2, 0) is 9.47 Å². The van der Waals surface area contributed by atoms with Crippen molar-refractivity contribution in [2.75, 3.05) is 26.4 Å². The third kappa shape index (κ3) is 6.11. The minimum absolute atomic E-state index is 0.327. The van der Waals surface area contributed by atoms with Crippen LogP contribution in [0.4, 0.5) is 0 Å². The van der Waals surface area contributed by atoms with E-state index in [9.17, 15) is 0 Å². The monoisotopic (exact) mass is 285 g/mol. The number of hydrogen-bond donors (Lipinski definition) is 1. The summed E-state index contributed by atoms with van der Waals surface area (Å²) < 4.78 is 11.7. The zero-order valence-corrected chi connectivity index (χ0v) is 14.0. The summed E-state index contributed by atoms with van der Waals surface area (Å²) in [7, 11) is 0. The summed E-state index contributed by atoms with van der Waals surface area (Å²) in [5.74, 6) is 1.28. The van der Waals surface area contributed by atoms with Gasteiger partial charge in [-0.25, -0.2) is 0 Å². The van der Waals surface area contributed by atoms with E-state index in [1.54, 1.807) is 0 Å². The predicted octanol–water partition coefficient (Wildman–Crippen LogP) is 3.61. The molecule has 0 aliphatic heterocycles. The average Bonchev–Trinajstić information content (AvgIpc) is 2.41. The second-order valence-electron chi connectivity index (χ2n) is 7.25. The van der Waals surface area contributed by atoms with Crippen molar-refractivity contribution in [2.45, 2.75) is 65.9 Å². The third-order valence-corrected chi connectivity index (χ3v) is 4.66. The van der Waals surface area contributed by atoms with Crippen LogP contribution in [-0.4, -0.2) is 32.5 Å². The van der Waals surface area contributed by atoms with Crippen LogP contribution in [0.3, 0.4) is 0 Å². The lowest BCUT2D eigenvalue weighted by atomic mass is 9.68. The van der Waals surface area contributed by atoms with Crippen LogP contribution in [0, 0.1) is 17.3 Å². The van der Waals surface area contributed by atoms with Crippen molar-refractivity contribution in [1.29, 1.82) is 0 Å². The molecule has 0 heterocycles. The summed E-state index contributed by atoms with van der Waals surface area (Å²) in [6, 6.07) is 0.